The molecule has 1 aromatic heterocycles. The van der Waals surface area contributed by atoms with Gasteiger partial charge in [0, 0.05) is 5.56 Å². The number of nitrogens with one attached hydrogen (secondary N) is 1. The number of aromatic nitrogens is 3. The van der Waals surface area contributed by atoms with E-state index in [1.165, 1.54) is 16.7 Å². The highest BCUT2D eigenvalue weighted by Crippen LogP contribution is 2.34. The lowest BCUT2D eigenvalue weighted by Gasteiger charge is -2.17. The summed E-state index contributed by atoms with van der Waals surface area (Å²) in [4.78, 5) is 0. The first-order chi connectivity index (χ1) is 8.11. The van der Waals surface area contributed by atoms with Crippen molar-refractivity contribution in [2.75, 3.05) is 0 Å². The number of hydrogen-bond acceptors (Lipinski definition) is 2. The highest BCUT2D eigenvalue weighted by Gasteiger charge is 2.16. The van der Waals surface area contributed by atoms with Gasteiger partial charge in [0.05, 0.1) is 6.20 Å². The van der Waals surface area contributed by atoms with E-state index in [0.717, 1.165) is 5.69 Å². The third-order valence-electron chi connectivity index (χ3n) is 3.05. The van der Waals surface area contributed by atoms with Crippen molar-refractivity contribution < 1.29 is 0 Å². The molecule has 2 rings (SSSR count). The minimum absolute atomic E-state index is 0.486. The standard InChI is InChI=1S/C14H19N3/c1-9(2)11-6-5-7-12(10(3)4)14(11)13-8-15-17-16-13/h5-10H,1-4H3,(H,15,16,17). The van der Waals surface area contributed by atoms with Crippen LogP contribution in [0.5, 0.6) is 0 Å². The van der Waals surface area contributed by atoms with Crippen LogP contribution in [0.2, 0.25) is 0 Å². The lowest BCUT2D eigenvalue weighted by Crippen LogP contribution is -1.99. The smallest absolute Gasteiger partial charge is 0.113 e. The molecular weight excluding hydrogens is 210 g/mol. The van der Waals surface area contributed by atoms with Gasteiger partial charge in [-0.1, -0.05) is 51.1 Å². The second-order valence-electron chi connectivity index (χ2n) is 4.98. The van der Waals surface area contributed by atoms with Crippen LogP contribution in [0.15, 0.2) is 24.4 Å². The van der Waals surface area contributed by atoms with Gasteiger partial charge < -0.3 is 0 Å². The van der Waals surface area contributed by atoms with Gasteiger partial charge in [0.15, 0.2) is 0 Å². The molecule has 1 heterocycles. The van der Waals surface area contributed by atoms with Crippen LogP contribution in [0, 0.1) is 0 Å². The molecule has 0 aliphatic carbocycles. The fraction of sp³-hybridized carbons (Fsp3) is 0.429. The van der Waals surface area contributed by atoms with E-state index in [1.807, 2.05) is 6.20 Å². The monoisotopic (exact) mass is 229 g/mol. The summed E-state index contributed by atoms with van der Waals surface area (Å²) in [5.74, 6) is 0.973. The first-order valence-corrected chi connectivity index (χ1v) is 6.11. The topological polar surface area (TPSA) is 41.6 Å². The number of aromatic amines is 1. The molecule has 1 N–H and O–H groups in total. The van der Waals surface area contributed by atoms with Crippen molar-refractivity contribution in [3.8, 4) is 11.3 Å². The predicted molar refractivity (Wildman–Crippen MR) is 70.0 cm³/mol. The number of hydrogen-bond donors (Lipinski definition) is 1. The van der Waals surface area contributed by atoms with E-state index in [4.69, 9.17) is 0 Å². The third-order valence-corrected chi connectivity index (χ3v) is 3.05. The number of H-pyrrole nitrogens is 1. The summed E-state index contributed by atoms with van der Waals surface area (Å²) >= 11 is 0. The minimum Gasteiger partial charge on any atom is -0.265 e. The van der Waals surface area contributed by atoms with Crippen LogP contribution in [0.4, 0.5) is 0 Å². The highest BCUT2D eigenvalue weighted by atomic mass is 15.3. The Morgan fingerprint density at radius 1 is 1.00 bits per heavy atom. The van der Waals surface area contributed by atoms with Crippen LogP contribution >= 0.6 is 0 Å². The summed E-state index contributed by atoms with van der Waals surface area (Å²) in [6.07, 6.45) is 1.87. The van der Waals surface area contributed by atoms with Gasteiger partial charge in [0.1, 0.15) is 5.69 Å². The summed E-state index contributed by atoms with van der Waals surface area (Å²) in [6, 6.07) is 6.50. The predicted octanol–water partition coefficient (Wildman–Crippen LogP) is 3.72. The van der Waals surface area contributed by atoms with Crippen LogP contribution in [0.25, 0.3) is 11.3 Å². The minimum atomic E-state index is 0.486. The zero-order valence-corrected chi connectivity index (χ0v) is 10.9. The lowest BCUT2D eigenvalue weighted by molar-refractivity contribution is 0.835. The molecule has 0 atom stereocenters. The van der Waals surface area contributed by atoms with E-state index >= 15 is 0 Å². The maximum absolute atomic E-state index is 4.17. The molecule has 0 spiro atoms. The fourth-order valence-corrected chi connectivity index (χ4v) is 2.17. The number of benzene rings is 1. The number of nitrogens with zero attached hydrogens (tertiary/aromatic N) is 2. The molecule has 3 heteroatoms. The first-order valence-electron chi connectivity index (χ1n) is 6.11. The molecule has 0 aliphatic rings. The lowest BCUT2D eigenvalue weighted by atomic mass is 9.87. The van der Waals surface area contributed by atoms with Crippen LogP contribution in [0.1, 0.15) is 50.7 Å². The molecule has 0 fully saturated rings. The summed E-state index contributed by atoms with van der Waals surface area (Å²) in [5, 5.41) is 10.8. The van der Waals surface area contributed by atoms with Gasteiger partial charge in [-0.2, -0.15) is 0 Å². The molecule has 17 heavy (non-hydrogen) atoms. The molecule has 0 aliphatic heterocycles. The Morgan fingerprint density at radius 2 is 1.59 bits per heavy atom. The molecule has 2 aromatic rings. The fourth-order valence-electron chi connectivity index (χ4n) is 2.17. The Bertz CT molecular complexity index is 458. The molecule has 0 saturated carbocycles. The summed E-state index contributed by atoms with van der Waals surface area (Å²) in [6.45, 7) is 8.85. The van der Waals surface area contributed by atoms with Crippen molar-refractivity contribution in [1.29, 1.82) is 0 Å². The van der Waals surface area contributed by atoms with Crippen LogP contribution < -0.4 is 0 Å². The van der Waals surface area contributed by atoms with Gasteiger partial charge >= 0.3 is 0 Å². The SMILES string of the molecule is CC(C)c1cccc(C(C)C)c1-c1c[nH]nn1. The van der Waals surface area contributed by atoms with Crippen LogP contribution in [-0.2, 0) is 0 Å². The van der Waals surface area contributed by atoms with Crippen molar-refractivity contribution in [3.05, 3.63) is 35.5 Å². The van der Waals surface area contributed by atoms with Gasteiger partial charge in [-0.05, 0) is 23.0 Å². The largest absolute Gasteiger partial charge is 0.265 e. The summed E-state index contributed by atoms with van der Waals surface area (Å²) < 4.78 is 0. The zero-order valence-electron chi connectivity index (χ0n) is 10.9. The van der Waals surface area contributed by atoms with Gasteiger partial charge in [-0.25, -0.2) is 0 Å². The second kappa shape index (κ2) is 4.70. The van der Waals surface area contributed by atoms with E-state index in [-0.39, 0.29) is 0 Å². The molecule has 1 aromatic carbocycles. The maximum Gasteiger partial charge on any atom is 0.113 e. The van der Waals surface area contributed by atoms with Crippen molar-refractivity contribution in [1.82, 2.24) is 15.4 Å². The molecule has 0 unspecified atom stereocenters. The third kappa shape index (κ3) is 2.23. The van der Waals surface area contributed by atoms with E-state index in [9.17, 15) is 0 Å². The second-order valence-corrected chi connectivity index (χ2v) is 4.98. The van der Waals surface area contributed by atoms with Gasteiger partial charge in [-0.3, -0.25) is 5.10 Å². The number of rotatable bonds is 3. The van der Waals surface area contributed by atoms with E-state index in [1.54, 1.807) is 0 Å². The van der Waals surface area contributed by atoms with E-state index in [2.05, 4.69) is 61.3 Å². The quantitative estimate of drug-likeness (QED) is 0.871. The van der Waals surface area contributed by atoms with Crippen LogP contribution in [-0.4, -0.2) is 15.4 Å². The maximum atomic E-state index is 4.17. The molecular formula is C14H19N3. The average molecular weight is 229 g/mol. The molecule has 90 valence electrons. The molecule has 3 nitrogen and oxygen atoms in total. The Balaban J connectivity index is 2.67. The zero-order chi connectivity index (χ0) is 12.4. The van der Waals surface area contributed by atoms with Crippen molar-refractivity contribution in [2.24, 2.45) is 0 Å². The highest BCUT2D eigenvalue weighted by molar-refractivity contribution is 5.68. The normalized spacial score (nSPS) is 11.4. The van der Waals surface area contributed by atoms with E-state index < -0.39 is 0 Å². The molecule has 0 amide bonds. The Morgan fingerprint density at radius 3 is 2.00 bits per heavy atom. The van der Waals surface area contributed by atoms with Crippen molar-refractivity contribution in [2.45, 2.75) is 39.5 Å². The average Bonchev–Trinajstić information content (AvgIpc) is 2.80. The molecule has 0 radical (unpaired) electrons. The Hall–Kier alpha value is -1.64. The Kier molecular flexibility index (Phi) is 3.27. The molecule has 0 saturated heterocycles. The van der Waals surface area contributed by atoms with E-state index in [0.29, 0.717) is 11.8 Å². The van der Waals surface area contributed by atoms with Gasteiger partial charge in [-0.15, -0.1) is 5.10 Å². The van der Waals surface area contributed by atoms with Crippen molar-refractivity contribution >= 4 is 0 Å². The van der Waals surface area contributed by atoms with Gasteiger partial charge in [0.2, 0.25) is 0 Å². The summed E-state index contributed by atoms with van der Waals surface area (Å²) in [7, 11) is 0. The first kappa shape index (κ1) is 11.8. The molecule has 0 bridgehead atoms. The summed E-state index contributed by atoms with van der Waals surface area (Å²) in [5.41, 5.74) is 4.86. The Labute approximate surface area is 102 Å². The van der Waals surface area contributed by atoms with Crippen molar-refractivity contribution in [3.63, 3.8) is 0 Å². The van der Waals surface area contributed by atoms with Crippen LogP contribution in [0.3, 0.4) is 0 Å². The van der Waals surface area contributed by atoms with Gasteiger partial charge in [0.25, 0.3) is 0 Å².